The first-order valence-electron chi connectivity index (χ1n) is 6.63. The Kier molecular flexibility index (Phi) is 5.74. The molecule has 0 fully saturated rings. The Balaban J connectivity index is 2.29. The SMILES string of the molecule is COc1cc(Br)cc(CNc2cc(C(=O)O)ccc2Cl)c1OC. The first-order valence-corrected chi connectivity index (χ1v) is 7.80. The summed E-state index contributed by atoms with van der Waals surface area (Å²) < 4.78 is 11.5. The van der Waals surface area contributed by atoms with Gasteiger partial charge in [0.05, 0.1) is 30.5 Å². The van der Waals surface area contributed by atoms with Gasteiger partial charge in [0.15, 0.2) is 11.5 Å². The molecule has 0 saturated heterocycles. The van der Waals surface area contributed by atoms with Crippen molar-refractivity contribution in [1.29, 1.82) is 0 Å². The van der Waals surface area contributed by atoms with E-state index in [9.17, 15) is 4.79 Å². The lowest BCUT2D eigenvalue weighted by molar-refractivity contribution is 0.0697. The average Bonchev–Trinajstić information content (AvgIpc) is 2.53. The monoisotopic (exact) mass is 399 g/mol. The molecule has 0 spiro atoms. The van der Waals surface area contributed by atoms with E-state index in [1.165, 1.54) is 12.1 Å². The van der Waals surface area contributed by atoms with Crippen molar-refractivity contribution >= 4 is 39.2 Å². The lowest BCUT2D eigenvalue weighted by atomic mass is 10.1. The highest BCUT2D eigenvalue weighted by molar-refractivity contribution is 9.10. The molecule has 0 radical (unpaired) electrons. The fraction of sp³-hybridized carbons (Fsp3) is 0.188. The predicted octanol–water partition coefficient (Wildman–Crippen LogP) is 4.43. The summed E-state index contributed by atoms with van der Waals surface area (Å²) in [5, 5.41) is 12.6. The van der Waals surface area contributed by atoms with E-state index in [4.69, 9.17) is 26.2 Å². The van der Waals surface area contributed by atoms with Crippen LogP contribution >= 0.6 is 27.5 Å². The molecular weight excluding hydrogens is 386 g/mol. The molecule has 2 rings (SSSR count). The van der Waals surface area contributed by atoms with Crippen LogP contribution in [-0.2, 0) is 6.54 Å². The van der Waals surface area contributed by atoms with E-state index >= 15 is 0 Å². The standard InChI is InChI=1S/C16H15BrClNO4/c1-22-14-7-11(17)5-10(15(14)23-2)8-19-13-6-9(16(20)21)3-4-12(13)18/h3-7,19H,8H2,1-2H3,(H,20,21). The second-order valence-electron chi connectivity index (χ2n) is 4.65. The lowest BCUT2D eigenvalue weighted by Gasteiger charge is -2.15. The number of aromatic carboxylic acids is 1. The number of methoxy groups -OCH3 is 2. The molecule has 0 unspecified atom stereocenters. The van der Waals surface area contributed by atoms with Gasteiger partial charge in [0.2, 0.25) is 0 Å². The fourth-order valence-electron chi connectivity index (χ4n) is 2.12. The van der Waals surface area contributed by atoms with Crippen LogP contribution in [0.4, 0.5) is 5.69 Å². The van der Waals surface area contributed by atoms with Gasteiger partial charge in [-0.1, -0.05) is 27.5 Å². The maximum absolute atomic E-state index is 11.1. The minimum Gasteiger partial charge on any atom is -0.493 e. The Morgan fingerprint density at radius 3 is 2.61 bits per heavy atom. The van der Waals surface area contributed by atoms with Crippen molar-refractivity contribution in [3.63, 3.8) is 0 Å². The third kappa shape index (κ3) is 4.09. The molecule has 0 amide bonds. The van der Waals surface area contributed by atoms with Gasteiger partial charge in [0.1, 0.15) is 0 Å². The van der Waals surface area contributed by atoms with E-state index in [1.807, 2.05) is 6.07 Å². The van der Waals surface area contributed by atoms with Gasteiger partial charge in [-0.2, -0.15) is 0 Å². The first kappa shape index (κ1) is 17.4. The quantitative estimate of drug-likeness (QED) is 0.751. The van der Waals surface area contributed by atoms with E-state index in [2.05, 4.69) is 21.2 Å². The van der Waals surface area contributed by atoms with Gasteiger partial charge in [0.25, 0.3) is 0 Å². The van der Waals surface area contributed by atoms with Gasteiger partial charge in [-0.3, -0.25) is 0 Å². The molecule has 0 bridgehead atoms. The number of benzene rings is 2. The number of rotatable bonds is 6. The number of nitrogens with one attached hydrogen (secondary N) is 1. The van der Waals surface area contributed by atoms with Crippen molar-refractivity contribution < 1.29 is 19.4 Å². The number of hydrogen-bond acceptors (Lipinski definition) is 4. The molecule has 0 atom stereocenters. The predicted molar refractivity (Wildman–Crippen MR) is 93.0 cm³/mol. The van der Waals surface area contributed by atoms with Gasteiger partial charge >= 0.3 is 5.97 Å². The highest BCUT2D eigenvalue weighted by Gasteiger charge is 2.13. The largest absolute Gasteiger partial charge is 0.493 e. The van der Waals surface area contributed by atoms with E-state index < -0.39 is 5.97 Å². The summed E-state index contributed by atoms with van der Waals surface area (Å²) >= 11 is 9.53. The zero-order valence-electron chi connectivity index (χ0n) is 12.5. The lowest BCUT2D eigenvalue weighted by Crippen LogP contribution is -2.05. The van der Waals surface area contributed by atoms with Crippen LogP contribution in [0.3, 0.4) is 0 Å². The number of carboxylic acids is 1. The molecular formula is C16H15BrClNO4. The summed E-state index contributed by atoms with van der Waals surface area (Å²) in [5.74, 6) is 0.198. The Hall–Kier alpha value is -1.92. The molecule has 7 heteroatoms. The fourth-order valence-corrected chi connectivity index (χ4v) is 2.79. The number of ether oxygens (including phenoxy) is 2. The smallest absolute Gasteiger partial charge is 0.335 e. The summed E-state index contributed by atoms with van der Waals surface area (Å²) in [5.41, 5.74) is 1.54. The van der Waals surface area contributed by atoms with Crippen molar-refractivity contribution in [2.75, 3.05) is 19.5 Å². The number of anilines is 1. The molecule has 2 aromatic rings. The third-order valence-corrected chi connectivity index (χ3v) is 3.99. The van der Waals surface area contributed by atoms with E-state index in [0.29, 0.717) is 28.8 Å². The Morgan fingerprint density at radius 1 is 1.26 bits per heavy atom. The zero-order valence-corrected chi connectivity index (χ0v) is 14.9. The van der Waals surface area contributed by atoms with Crippen LogP contribution in [0.2, 0.25) is 5.02 Å². The minimum atomic E-state index is -1.01. The number of carboxylic acid groups (broad SMARTS) is 1. The van der Waals surface area contributed by atoms with Crippen molar-refractivity contribution in [2.45, 2.75) is 6.54 Å². The average molecular weight is 401 g/mol. The van der Waals surface area contributed by atoms with E-state index in [-0.39, 0.29) is 5.56 Å². The number of hydrogen-bond donors (Lipinski definition) is 2. The van der Waals surface area contributed by atoms with Crippen LogP contribution in [0.5, 0.6) is 11.5 Å². The van der Waals surface area contributed by atoms with Gasteiger partial charge < -0.3 is 19.9 Å². The molecule has 0 aliphatic heterocycles. The second-order valence-corrected chi connectivity index (χ2v) is 5.98. The van der Waals surface area contributed by atoms with Crippen LogP contribution in [0.25, 0.3) is 0 Å². The topological polar surface area (TPSA) is 67.8 Å². The van der Waals surface area contributed by atoms with Crippen molar-refractivity contribution in [1.82, 2.24) is 0 Å². The van der Waals surface area contributed by atoms with Gasteiger partial charge in [-0.05, 0) is 30.3 Å². The van der Waals surface area contributed by atoms with Gasteiger partial charge in [0, 0.05) is 16.6 Å². The van der Waals surface area contributed by atoms with Crippen LogP contribution < -0.4 is 14.8 Å². The minimum absolute atomic E-state index is 0.163. The molecule has 122 valence electrons. The van der Waals surface area contributed by atoms with Crippen molar-refractivity contribution in [3.8, 4) is 11.5 Å². The maximum atomic E-state index is 11.1. The summed E-state index contributed by atoms with van der Waals surface area (Å²) in [6.45, 7) is 0.391. The van der Waals surface area contributed by atoms with Crippen molar-refractivity contribution in [2.24, 2.45) is 0 Å². The Labute approximate surface area is 147 Å². The first-order chi connectivity index (χ1) is 11.0. The molecule has 2 N–H and O–H groups in total. The molecule has 23 heavy (non-hydrogen) atoms. The van der Waals surface area contributed by atoms with E-state index in [1.54, 1.807) is 26.4 Å². The molecule has 0 saturated carbocycles. The molecule has 0 aliphatic carbocycles. The molecule has 0 aliphatic rings. The van der Waals surface area contributed by atoms with Gasteiger partial charge in [-0.15, -0.1) is 0 Å². The van der Waals surface area contributed by atoms with Crippen LogP contribution in [-0.4, -0.2) is 25.3 Å². The summed E-state index contributed by atoms with van der Waals surface area (Å²) in [6.07, 6.45) is 0. The third-order valence-electron chi connectivity index (χ3n) is 3.20. The normalized spacial score (nSPS) is 10.3. The summed E-state index contributed by atoms with van der Waals surface area (Å²) in [6, 6.07) is 8.20. The Morgan fingerprint density at radius 2 is 2.00 bits per heavy atom. The van der Waals surface area contributed by atoms with Crippen LogP contribution in [0.15, 0.2) is 34.8 Å². The molecule has 5 nitrogen and oxygen atoms in total. The summed E-state index contributed by atoms with van der Waals surface area (Å²) in [4.78, 5) is 11.1. The Bertz CT molecular complexity index is 736. The zero-order chi connectivity index (χ0) is 17.0. The van der Waals surface area contributed by atoms with Crippen LogP contribution in [0, 0.1) is 0 Å². The highest BCUT2D eigenvalue weighted by atomic mass is 79.9. The van der Waals surface area contributed by atoms with Gasteiger partial charge in [-0.25, -0.2) is 4.79 Å². The molecule has 0 aromatic heterocycles. The summed E-state index contributed by atoms with van der Waals surface area (Å²) in [7, 11) is 3.13. The number of halogens is 2. The second kappa shape index (κ2) is 7.57. The van der Waals surface area contributed by atoms with Crippen LogP contribution in [0.1, 0.15) is 15.9 Å². The molecule has 0 heterocycles. The van der Waals surface area contributed by atoms with E-state index in [0.717, 1.165) is 10.0 Å². The maximum Gasteiger partial charge on any atom is 0.335 e. The van der Waals surface area contributed by atoms with Crippen molar-refractivity contribution in [3.05, 3.63) is 51.0 Å². The number of carbonyl (C=O) groups is 1. The molecule has 2 aromatic carbocycles. The highest BCUT2D eigenvalue weighted by Crippen LogP contribution is 2.35.